The van der Waals surface area contributed by atoms with Crippen LogP contribution in [0.3, 0.4) is 0 Å². The van der Waals surface area contributed by atoms with Gasteiger partial charge < -0.3 is 4.52 Å². The van der Waals surface area contributed by atoms with Crippen molar-refractivity contribution in [3.05, 3.63) is 6.39 Å². The molecule has 1 rings (SSSR count). The van der Waals surface area contributed by atoms with Crippen LogP contribution >= 0.6 is 10.9 Å². The van der Waals surface area contributed by atoms with Gasteiger partial charge in [-0.1, -0.05) is 5.16 Å². The maximum Gasteiger partial charge on any atom is 0.214 e. The molecule has 1 aromatic heterocycles. The fourth-order valence-corrected chi connectivity index (χ4v) is 0.851. The molecule has 0 aromatic carbocycles. The highest BCUT2D eigenvalue weighted by atomic mass is 32.2. The summed E-state index contributed by atoms with van der Waals surface area (Å²) in [5, 5.41) is 4.49. The Morgan fingerprint density at radius 2 is 2.38 bits per heavy atom. The molecule has 0 aliphatic heterocycles. The molecule has 0 unspecified atom stereocenters. The lowest BCUT2D eigenvalue weighted by Crippen LogP contribution is -1.78. The second-order valence-electron chi connectivity index (χ2n) is 1.63. The predicted molar refractivity (Wildman–Crippen MR) is 33.4 cm³/mol. The number of rotatable bonds is 1. The van der Waals surface area contributed by atoms with Crippen LogP contribution in [-0.4, -0.2) is 22.7 Å². The molecule has 1 heterocycles. The van der Waals surface area contributed by atoms with Crippen LogP contribution in [0.4, 0.5) is 0 Å². The normalized spacial score (nSPS) is 11.5. The van der Waals surface area contributed by atoms with Gasteiger partial charge in [0.15, 0.2) is 0 Å². The third-order valence-electron chi connectivity index (χ3n) is 0.750. The maximum absolute atomic E-state index is 4.53. The highest BCUT2D eigenvalue weighted by molar-refractivity contribution is 8.15. The molecule has 0 atom stereocenters. The molecule has 0 amide bonds. The number of aromatic nitrogens is 2. The summed E-state index contributed by atoms with van der Waals surface area (Å²) in [7, 11) is -0.175. The SMILES string of the molecule is C[SH](C)c1ncon1. The molecule has 4 heteroatoms. The Morgan fingerprint density at radius 1 is 1.62 bits per heavy atom. The topological polar surface area (TPSA) is 38.9 Å². The minimum absolute atomic E-state index is 0.175. The predicted octanol–water partition coefficient (Wildman–Crippen LogP) is 0.689. The molecule has 0 aliphatic carbocycles. The average Bonchev–Trinajstić information content (AvgIpc) is 2.12. The summed E-state index contributed by atoms with van der Waals surface area (Å²) in [6.07, 6.45) is 5.53. The van der Waals surface area contributed by atoms with Crippen molar-refractivity contribution in [1.82, 2.24) is 10.1 Å². The summed E-state index contributed by atoms with van der Waals surface area (Å²) >= 11 is 0. The fraction of sp³-hybridized carbons (Fsp3) is 0.500. The third-order valence-corrected chi connectivity index (χ3v) is 1.75. The lowest BCUT2D eigenvalue weighted by molar-refractivity contribution is 0.403. The highest BCUT2D eigenvalue weighted by Gasteiger charge is 1.96. The summed E-state index contributed by atoms with van der Waals surface area (Å²) in [4.78, 5) is 3.87. The third kappa shape index (κ3) is 1.01. The summed E-state index contributed by atoms with van der Waals surface area (Å²) in [6, 6.07) is 0. The highest BCUT2D eigenvalue weighted by Crippen LogP contribution is 2.22. The zero-order valence-corrected chi connectivity index (χ0v) is 5.72. The molecule has 0 spiro atoms. The Kier molecular flexibility index (Phi) is 1.53. The van der Waals surface area contributed by atoms with Gasteiger partial charge in [-0.15, -0.1) is 0 Å². The van der Waals surface area contributed by atoms with Crippen molar-refractivity contribution in [2.75, 3.05) is 12.5 Å². The van der Waals surface area contributed by atoms with Gasteiger partial charge in [0.1, 0.15) is 0 Å². The van der Waals surface area contributed by atoms with E-state index >= 15 is 0 Å². The van der Waals surface area contributed by atoms with Crippen LogP contribution in [-0.2, 0) is 0 Å². The van der Waals surface area contributed by atoms with Gasteiger partial charge in [-0.2, -0.15) is 15.9 Å². The van der Waals surface area contributed by atoms with Crippen LogP contribution in [0.15, 0.2) is 16.1 Å². The van der Waals surface area contributed by atoms with Crippen molar-refractivity contribution in [2.45, 2.75) is 5.16 Å². The van der Waals surface area contributed by atoms with Gasteiger partial charge in [-0.05, 0) is 12.5 Å². The van der Waals surface area contributed by atoms with Gasteiger partial charge in [-0.3, -0.25) is 0 Å². The van der Waals surface area contributed by atoms with E-state index in [1.54, 1.807) is 0 Å². The molecule has 0 saturated heterocycles. The Labute approximate surface area is 50.4 Å². The molecule has 0 radical (unpaired) electrons. The lowest BCUT2D eigenvalue weighted by atomic mass is 11.3. The molecule has 0 fully saturated rings. The van der Waals surface area contributed by atoms with Crippen LogP contribution in [0.25, 0.3) is 0 Å². The minimum atomic E-state index is -0.175. The number of thiol groups is 1. The average molecular weight is 132 g/mol. The first kappa shape index (κ1) is 5.62. The second kappa shape index (κ2) is 2.17. The summed E-state index contributed by atoms with van der Waals surface area (Å²) < 4.78 is 4.53. The molecule has 0 saturated carbocycles. The Morgan fingerprint density at radius 3 is 2.62 bits per heavy atom. The van der Waals surface area contributed by atoms with E-state index in [2.05, 4.69) is 27.2 Å². The van der Waals surface area contributed by atoms with E-state index in [0.717, 1.165) is 5.16 Å². The van der Waals surface area contributed by atoms with Crippen LogP contribution in [0, 0.1) is 0 Å². The van der Waals surface area contributed by atoms with E-state index < -0.39 is 0 Å². The van der Waals surface area contributed by atoms with Crippen molar-refractivity contribution in [3.8, 4) is 0 Å². The van der Waals surface area contributed by atoms with Gasteiger partial charge in [0, 0.05) is 0 Å². The fourth-order valence-electron chi connectivity index (χ4n) is 0.362. The molecule has 0 aliphatic rings. The van der Waals surface area contributed by atoms with Gasteiger partial charge in [0.25, 0.3) is 0 Å². The molecule has 0 bridgehead atoms. The Hall–Kier alpha value is -0.510. The zero-order valence-electron chi connectivity index (χ0n) is 4.83. The second-order valence-corrected chi connectivity index (χ2v) is 3.81. The molecule has 3 nitrogen and oxygen atoms in total. The Bertz CT molecular complexity index is 149. The smallest absolute Gasteiger partial charge is 0.214 e. The van der Waals surface area contributed by atoms with E-state index in [1.165, 1.54) is 6.39 Å². The first-order valence-electron chi connectivity index (χ1n) is 2.24. The van der Waals surface area contributed by atoms with Gasteiger partial charge in [0.2, 0.25) is 11.6 Å². The number of nitrogens with zero attached hydrogens (tertiary/aromatic N) is 2. The van der Waals surface area contributed by atoms with Gasteiger partial charge in [-0.25, -0.2) is 0 Å². The van der Waals surface area contributed by atoms with Crippen LogP contribution in [0.2, 0.25) is 0 Å². The van der Waals surface area contributed by atoms with Crippen molar-refractivity contribution < 1.29 is 4.52 Å². The van der Waals surface area contributed by atoms with Crippen LogP contribution < -0.4 is 0 Å². The first-order valence-corrected chi connectivity index (χ1v) is 4.48. The van der Waals surface area contributed by atoms with E-state index in [4.69, 9.17) is 0 Å². The van der Waals surface area contributed by atoms with Crippen LogP contribution in [0.5, 0.6) is 0 Å². The van der Waals surface area contributed by atoms with E-state index in [9.17, 15) is 0 Å². The molecule has 1 aromatic rings. The van der Waals surface area contributed by atoms with Crippen LogP contribution in [0.1, 0.15) is 0 Å². The van der Waals surface area contributed by atoms with Crippen molar-refractivity contribution in [2.24, 2.45) is 0 Å². The molecular weight excluding hydrogens is 124 g/mol. The van der Waals surface area contributed by atoms with Crippen molar-refractivity contribution in [1.29, 1.82) is 0 Å². The van der Waals surface area contributed by atoms with Crippen molar-refractivity contribution in [3.63, 3.8) is 0 Å². The zero-order chi connectivity index (χ0) is 5.98. The van der Waals surface area contributed by atoms with Crippen molar-refractivity contribution >= 4 is 10.9 Å². The van der Waals surface area contributed by atoms with E-state index in [-0.39, 0.29) is 10.9 Å². The molecular formula is C4H8N2OS. The molecule has 8 heavy (non-hydrogen) atoms. The monoisotopic (exact) mass is 132 g/mol. The lowest BCUT2D eigenvalue weighted by Gasteiger charge is -1.97. The Balaban J connectivity index is 2.77. The van der Waals surface area contributed by atoms with Gasteiger partial charge >= 0.3 is 0 Å². The van der Waals surface area contributed by atoms with E-state index in [1.807, 2.05) is 0 Å². The summed E-state index contributed by atoms with van der Waals surface area (Å²) in [6.45, 7) is 0. The van der Waals surface area contributed by atoms with E-state index in [0.29, 0.717) is 0 Å². The minimum Gasteiger partial charge on any atom is -0.342 e. The standard InChI is InChI=1S/C4H8N2OS/c1-8(2)4-5-3-7-6-4/h3,8H,1-2H3. The maximum atomic E-state index is 4.53. The molecule has 0 N–H and O–H groups in total. The first-order chi connectivity index (χ1) is 3.80. The summed E-state index contributed by atoms with van der Waals surface area (Å²) in [5.74, 6) is 0. The quantitative estimate of drug-likeness (QED) is 0.571. The number of hydrogen-bond donors (Lipinski definition) is 1. The van der Waals surface area contributed by atoms with Gasteiger partial charge in [0.05, 0.1) is 0 Å². The number of hydrogen-bond acceptors (Lipinski definition) is 3. The summed E-state index contributed by atoms with van der Waals surface area (Å²) in [5.41, 5.74) is 0. The molecule has 46 valence electrons. The largest absolute Gasteiger partial charge is 0.342 e.